The van der Waals surface area contributed by atoms with E-state index in [1.54, 1.807) is 64.7 Å². The normalized spacial score (nSPS) is 11.7. The van der Waals surface area contributed by atoms with Gasteiger partial charge in [-0.2, -0.15) is 13.0 Å². The highest BCUT2D eigenvalue weighted by Gasteiger charge is 2.28. The predicted molar refractivity (Wildman–Crippen MR) is 215 cm³/mol. The standard InChI is InChI=1S/C41H53NO16S/c1-29-24-30(40(43)44)25-31(28-55-18-17-52-14-11-49-2)39(29)58-41(45)38-34-26-32(56-21-19-53-15-12-50-3)6-8-36(34)42(10-5-23-59(46,47)48)37-9-7-33(27-35(37)38)57-22-20-54-16-13-51-4/h6-9,24-27H,5,10-23,28H2,1-4H3,(H-,43,44,46,47,48)/p+1. The maximum absolute atomic E-state index is 14.8. The van der Waals surface area contributed by atoms with Crippen LogP contribution < -0.4 is 18.8 Å². The summed E-state index contributed by atoms with van der Waals surface area (Å²) < 4.78 is 90.6. The van der Waals surface area contributed by atoms with Gasteiger partial charge in [-0.1, -0.05) is 0 Å². The van der Waals surface area contributed by atoms with Crippen LogP contribution in [0.15, 0.2) is 48.5 Å². The molecule has 1 aromatic heterocycles. The van der Waals surface area contributed by atoms with Gasteiger partial charge in [-0.3, -0.25) is 4.55 Å². The van der Waals surface area contributed by atoms with Gasteiger partial charge in [0.2, 0.25) is 11.0 Å². The van der Waals surface area contributed by atoms with Crippen molar-refractivity contribution in [2.24, 2.45) is 0 Å². The largest absolute Gasteiger partial charge is 0.491 e. The van der Waals surface area contributed by atoms with Crippen LogP contribution in [0, 0.1) is 6.92 Å². The molecule has 0 aliphatic rings. The number of rotatable bonds is 29. The average Bonchev–Trinajstić information content (AvgIpc) is 3.20. The van der Waals surface area contributed by atoms with Gasteiger partial charge in [0.1, 0.15) is 30.5 Å². The van der Waals surface area contributed by atoms with E-state index in [0.29, 0.717) is 84.1 Å². The summed E-state index contributed by atoms with van der Waals surface area (Å²) in [5.41, 5.74) is 1.90. The molecule has 0 unspecified atom stereocenters. The lowest BCUT2D eigenvalue weighted by atomic mass is 10.0. The molecule has 0 aliphatic heterocycles. The smallest absolute Gasteiger partial charge is 0.345 e. The molecule has 3 aromatic carbocycles. The molecule has 0 saturated heterocycles. The van der Waals surface area contributed by atoms with E-state index in [0.717, 1.165) is 0 Å². The van der Waals surface area contributed by atoms with Gasteiger partial charge in [0, 0.05) is 45.4 Å². The number of fused-ring (bicyclic) bond motifs is 2. The van der Waals surface area contributed by atoms with E-state index < -0.39 is 27.8 Å². The van der Waals surface area contributed by atoms with Crippen LogP contribution in [0.3, 0.4) is 0 Å². The van der Waals surface area contributed by atoms with Crippen LogP contribution in [0.4, 0.5) is 0 Å². The van der Waals surface area contributed by atoms with Crippen LogP contribution in [0.2, 0.25) is 0 Å². The van der Waals surface area contributed by atoms with Crippen LogP contribution in [-0.4, -0.2) is 136 Å². The summed E-state index contributed by atoms with van der Waals surface area (Å²) in [5, 5.41) is 10.6. The summed E-state index contributed by atoms with van der Waals surface area (Å²) in [7, 11) is 0.456. The number of aryl methyl sites for hydroxylation is 2. The molecule has 0 saturated carbocycles. The molecular weight excluding hydrogens is 795 g/mol. The Morgan fingerprint density at radius 2 is 1.15 bits per heavy atom. The molecule has 0 spiro atoms. The molecular formula is C41H54NO16S+. The first-order valence-electron chi connectivity index (χ1n) is 19.0. The van der Waals surface area contributed by atoms with Crippen molar-refractivity contribution in [3.05, 3.63) is 70.8 Å². The highest BCUT2D eigenvalue weighted by molar-refractivity contribution is 7.85. The van der Waals surface area contributed by atoms with Crippen molar-refractivity contribution < 1.29 is 79.6 Å². The summed E-state index contributed by atoms with van der Waals surface area (Å²) >= 11 is 0. The monoisotopic (exact) mass is 848 g/mol. The number of nitrogens with zero attached hydrogens (tertiary/aromatic N) is 1. The van der Waals surface area contributed by atoms with Crippen molar-refractivity contribution in [3.8, 4) is 17.2 Å². The lowest BCUT2D eigenvalue weighted by Crippen LogP contribution is -2.37. The number of esters is 1. The van der Waals surface area contributed by atoms with Gasteiger partial charge in [0.05, 0.1) is 100 Å². The molecule has 1 heterocycles. The third-order valence-corrected chi connectivity index (χ3v) is 9.56. The number of carboxylic acid groups (broad SMARTS) is 1. The highest BCUT2D eigenvalue weighted by Crippen LogP contribution is 2.34. The van der Waals surface area contributed by atoms with Gasteiger partial charge in [-0.05, 0) is 48.9 Å². The number of benzene rings is 3. The van der Waals surface area contributed by atoms with E-state index in [-0.39, 0.29) is 76.1 Å². The summed E-state index contributed by atoms with van der Waals surface area (Å²) in [6.45, 7) is 5.48. The Morgan fingerprint density at radius 1 is 0.661 bits per heavy atom. The lowest BCUT2D eigenvalue weighted by molar-refractivity contribution is -0.645. The van der Waals surface area contributed by atoms with E-state index >= 15 is 0 Å². The number of carboxylic acids is 1. The summed E-state index contributed by atoms with van der Waals surface area (Å²) in [5.74, 6) is -1.49. The van der Waals surface area contributed by atoms with Crippen LogP contribution in [0.5, 0.6) is 17.2 Å². The number of hydrogen-bond acceptors (Lipinski definition) is 14. The maximum Gasteiger partial charge on any atom is 0.345 e. The summed E-state index contributed by atoms with van der Waals surface area (Å²) in [6.07, 6.45) is 0.0571. The van der Waals surface area contributed by atoms with Crippen molar-refractivity contribution in [3.63, 3.8) is 0 Å². The SMILES string of the molecule is COCCOCCOCc1cc(C(=O)O)cc(C)c1OC(=O)c1c2cc(OCCOCCOC)ccc2[n+](CCCS(=O)(=O)O)c2ccc(OCCOCCOC)cc12. The molecule has 2 N–H and O–H groups in total. The summed E-state index contributed by atoms with van der Waals surface area (Å²) in [6, 6.07) is 13.1. The van der Waals surface area contributed by atoms with Crippen LogP contribution in [0.1, 0.15) is 38.3 Å². The predicted octanol–water partition coefficient (Wildman–Crippen LogP) is 4.05. The third-order valence-electron chi connectivity index (χ3n) is 8.76. The molecule has 0 amide bonds. The molecule has 324 valence electrons. The molecule has 17 nitrogen and oxygen atoms in total. The zero-order valence-corrected chi connectivity index (χ0v) is 34.7. The first-order chi connectivity index (χ1) is 28.5. The van der Waals surface area contributed by atoms with E-state index in [4.69, 9.17) is 47.4 Å². The zero-order valence-electron chi connectivity index (χ0n) is 33.9. The second-order valence-corrected chi connectivity index (χ2v) is 14.6. The van der Waals surface area contributed by atoms with E-state index in [9.17, 15) is 27.7 Å². The number of ether oxygens (including phenoxy) is 10. The van der Waals surface area contributed by atoms with Gasteiger partial charge in [-0.25, -0.2) is 9.59 Å². The van der Waals surface area contributed by atoms with Crippen LogP contribution in [0.25, 0.3) is 21.8 Å². The van der Waals surface area contributed by atoms with E-state index in [1.165, 1.54) is 12.1 Å². The van der Waals surface area contributed by atoms with Crippen molar-refractivity contribution in [1.82, 2.24) is 0 Å². The van der Waals surface area contributed by atoms with Crippen LogP contribution in [-0.2, 0) is 56.4 Å². The molecule has 4 rings (SSSR count). The van der Waals surface area contributed by atoms with Gasteiger partial charge in [0.15, 0.2) is 6.54 Å². The molecule has 0 fully saturated rings. The Labute approximate surface area is 343 Å². The second kappa shape index (κ2) is 24.6. The fraction of sp³-hybridized carbons (Fsp3) is 0.488. The first-order valence-corrected chi connectivity index (χ1v) is 20.6. The molecule has 0 radical (unpaired) electrons. The second-order valence-electron chi connectivity index (χ2n) is 13.1. The van der Waals surface area contributed by atoms with Crippen LogP contribution >= 0.6 is 0 Å². The minimum Gasteiger partial charge on any atom is -0.491 e. The fourth-order valence-corrected chi connectivity index (χ4v) is 6.55. The molecule has 0 bridgehead atoms. The minimum absolute atomic E-state index is 0.0141. The molecule has 4 aromatic rings. The Morgan fingerprint density at radius 3 is 1.64 bits per heavy atom. The van der Waals surface area contributed by atoms with E-state index in [1.807, 2.05) is 4.57 Å². The lowest BCUT2D eigenvalue weighted by Gasteiger charge is -2.17. The van der Waals surface area contributed by atoms with Gasteiger partial charge in [0.25, 0.3) is 10.1 Å². The molecule has 18 heteroatoms. The van der Waals surface area contributed by atoms with E-state index in [2.05, 4.69) is 0 Å². The zero-order chi connectivity index (χ0) is 42.6. The Hall–Kier alpha value is -4.50. The quantitative estimate of drug-likeness (QED) is 0.0198. The van der Waals surface area contributed by atoms with Gasteiger partial charge in [-0.15, -0.1) is 0 Å². The molecule has 0 aliphatic carbocycles. The molecule has 59 heavy (non-hydrogen) atoms. The Kier molecular flexibility index (Phi) is 19.6. The number of hydrogen-bond donors (Lipinski definition) is 2. The number of aromatic nitrogens is 1. The Balaban J connectivity index is 1.82. The average molecular weight is 849 g/mol. The number of carbonyl (C=O) groups excluding carboxylic acids is 1. The maximum atomic E-state index is 14.8. The number of methoxy groups -OCH3 is 3. The number of pyridine rings is 1. The van der Waals surface area contributed by atoms with Crippen molar-refractivity contribution >= 4 is 43.9 Å². The molecule has 0 atom stereocenters. The van der Waals surface area contributed by atoms with Gasteiger partial charge < -0.3 is 52.5 Å². The third kappa shape index (κ3) is 14.9. The van der Waals surface area contributed by atoms with Crippen molar-refractivity contribution in [2.75, 3.05) is 106 Å². The number of carbonyl (C=O) groups is 2. The topological polar surface area (TPSA) is 205 Å². The van der Waals surface area contributed by atoms with Gasteiger partial charge >= 0.3 is 11.9 Å². The van der Waals surface area contributed by atoms with Crippen molar-refractivity contribution in [1.29, 1.82) is 0 Å². The minimum atomic E-state index is -4.26. The summed E-state index contributed by atoms with van der Waals surface area (Å²) in [4.78, 5) is 26.8. The number of aromatic carboxylic acids is 1. The Bertz CT molecular complexity index is 2010. The fourth-order valence-electron chi connectivity index (χ4n) is 6.06. The van der Waals surface area contributed by atoms with Crippen molar-refractivity contribution in [2.45, 2.75) is 26.5 Å². The first kappa shape index (κ1) is 47.2. The highest BCUT2D eigenvalue weighted by atomic mass is 32.2.